The second-order valence-electron chi connectivity index (χ2n) is 28.5. The van der Waals surface area contributed by atoms with Crippen molar-refractivity contribution in [1.82, 2.24) is 20.0 Å². The van der Waals surface area contributed by atoms with Crippen LogP contribution in [0, 0.1) is 41.4 Å². The maximum atomic E-state index is 13.6. The Morgan fingerprint density at radius 3 is 1.45 bits per heavy atom. The fourth-order valence-corrected chi connectivity index (χ4v) is 17.3. The van der Waals surface area contributed by atoms with Gasteiger partial charge in [0.25, 0.3) is 11.8 Å². The second kappa shape index (κ2) is 29.6. The van der Waals surface area contributed by atoms with Gasteiger partial charge in [0.2, 0.25) is 23.3 Å². The van der Waals surface area contributed by atoms with Gasteiger partial charge in [-0.25, -0.2) is 4.79 Å². The molecule has 0 radical (unpaired) electrons. The number of rotatable bonds is 11. The van der Waals surface area contributed by atoms with Gasteiger partial charge in [0, 0.05) is 59.2 Å². The van der Waals surface area contributed by atoms with Gasteiger partial charge in [-0.2, -0.15) is 0 Å². The number of aliphatic hydroxyl groups excluding tert-OH is 7. The van der Waals surface area contributed by atoms with Gasteiger partial charge < -0.3 is 105 Å². The van der Waals surface area contributed by atoms with Crippen molar-refractivity contribution in [3.63, 3.8) is 0 Å². The third-order valence-corrected chi connectivity index (χ3v) is 22.1. The lowest BCUT2D eigenvalue weighted by atomic mass is 9.54. The number of nitrogens with two attached hydrogens (primary N) is 5. The van der Waals surface area contributed by atoms with E-state index >= 15 is 0 Å². The maximum absolute atomic E-state index is 13.6. The molecule has 9 aliphatic rings. The third-order valence-electron chi connectivity index (χ3n) is 22.1. The monoisotopic (exact) mass is 1480 g/mol. The number of phenols is 3. The minimum absolute atomic E-state index is 0.00321. The highest BCUT2D eigenvalue weighted by molar-refractivity contribution is 6.27. The first kappa shape index (κ1) is 78.9. The highest BCUT2D eigenvalue weighted by Crippen LogP contribution is 2.57. The van der Waals surface area contributed by atoms with E-state index in [1.165, 1.54) is 21.9 Å². The molecule has 13 rings (SSSR count). The normalized spacial score (nSPS) is 28.9. The lowest BCUT2D eigenvalue weighted by Gasteiger charge is -2.53. The standard InChI is InChI=1S/2C22H25N3O7.C21H24N2O7.C9H11NO3/c1-25(2)16-11-6-9-5-10-8(7-23)3-4-12(26)14(10)17(27)13(9)19(29)22(11,32)20(30)15(18(16)28)21(24)31;1-25(2)15-11-6-10-5-8-3-4-9(7-23)16(26)12(8)17(27)13(10)19(29)22(11,32)20(30)14(18(15)28)21(24)31;1-23(2)15-10-7-9-6-8-4-3-5-11(24)12(8)16(25)13(9)18(27)21(10,30)19(28)14(17(15)26)20(22)29;11-7-10-9(12)13-6-8-4-2-1-3-5-8/h3-4,9,11,16,26-27,30,32H,5-7,23H2,1-2H3,(H2,24,31);3-4,10-11,15,26-27,30,32H,5-7,23H2,1-2H3,(H2,24,31);3-5,9-10,14-15,17,24-26,30H,6-7H2,1-2H3,(H2,22,29);1-5,11H,6-7H2,(H,10,12)/t9?,11?,16-,22-;10?,11?,15-,22-;9?,10?,14?,15?,17?,21-;/m000./s1. The van der Waals surface area contributed by atoms with Crippen LogP contribution in [-0.4, -0.2) is 230 Å². The number of amides is 4. The third kappa shape index (κ3) is 12.7. The van der Waals surface area contributed by atoms with Crippen LogP contribution in [0.15, 0.2) is 112 Å². The van der Waals surface area contributed by atoms with Crippen LogP contribution in [0.4, 0.5) is 4.79 Å². The number of carbonyl (C=O) groups excluding carboxylic acids is 10. The van der Waals surface area contributed by atoms with Gasteiger partial charge in [0.1, 0.15) is 76.4 Å². The highest BCUT2D eigenvalue weighted by atomic mass is 16.6. The summed E-state index contributed by atoms with van der Waals surface area (Å²) < 4.78 is 4.76. The highest BCUT2D eigenvalue weighted by Gasteiger charge is 2.69. The van der Waals surface area contributed by atoms with Crippen molar-refractivity contribution in [2.45, 2.75) is 99.3 Å². The number of benzene rings is 4. The Hall–Kier alpha value is -10.7. The fourth-order valence-electron chi connectivity index (χ4n) is 17.3. The molecule has 4 fully saturated rings. The van der Waals surface area contributed by atoms with Gasteiger partial charge in [0.05, 0.1) is 34.9 Å². The van der Waals surface area contributed by atoms with Crippen molar-refractivity contribution in [3.05, 3.63) is 162 Å². The van der Waals surface area contributed by atoms with E-state index in [-0.39, 0.29) is 102 Å². The van der Waals surface area contributed by atoms with Crippen LogP contribution in [-0.2, 0) is 86.8 Å². The molecule has 4 aromatic rings. The van der Waals surface area contributed by atoms with Crippen LogP contribution in [0.25, 0.3) is 17.3 Å². The van der Waals surface area contributed by atoms with Crippen molar-refractivity contribution in [3.8, 4) is 17.2 Å². The molecule has 33 heteroatoms. The summed E-state index contributed by atoms with van der Waals surface area (Å²) in [4.78, 5) is 131. The molecule has 0 heterocycles. The quantitative estimate of drug-likeness (QED) is 0.0478. The van der Waals surface area contributed by atoms with Crippen molar-refractivity contribution in [2.24, 2.45) is 70.1 Å². The molecular weight excluding hydrogens is 1400 g/mol. The number of carbonyl (C=O) groups is 10. The topological polar surface area (TPSA) is 595 Å². The molecule has 107 heavy (non-hydrogen) atoms. The van der Waals surface area contributed by atoms with Crippen LogP contribution >= 0.6 is 0 Å². The first-order valence-corrected chi connectivity index (χ1v) is 33.9. The number of nitrogens with one attached hydrogen (secondary N) is 1. The molecule has 4 saturated carbocycles. The summed E-state index contributed by atoms with van der Waals surface area (Å²) in [6.07, 6.45) is -1.08. The van der Waals surface area contributed by atoms with Crippen LogP contribution in [0.3, 0.4) is 0 Å². The van der Waals surface area contributed by atoms with Gasteiger partial charge in [-0.1, -0.05) is 60.7 Å². The van der Waals surface area contributed by atoms with Crippen LogP contribution in [0.2, 0.25) is 0 Å². The molecule has 33 nitrogen and oxygen atoms in total. The summed E-state index contributed by atoms with van der Waals surface area (Å²) in [7, 11) is 9.45. The average molecular weight is 1480 g/mol. The molecule has 4 amide bonds. The van der Waals surface area contributed by atoms with E-state index < -0.39 is 188 Å². The number of aromatic hydroxyl groups is 3. The Morgan fingerprint density at radius 2 is 0.981 bits per heavy atom. The molecule has 4 aromatic carbocycles. The molecule has 0 spiro atoms. The van der Waals surface area contributed by atoms with E-state index in [1.807, 2.05) is 30.3 Å². The minimum atomic E-state index is -2.63. The number of Topliss-reactive ketones (excluding diaryl/α,β-unsaturated/α-hetero) is 6. The first-order valence-electron chi connectivity index (χ1n) is 33.9. The number of nitrogens with zero attached hydrogens (tertiary/aromatic N) is 3. The Balaban J connectivity index is 0.000000158. The van der Waals surface area contributed by atoms with Gasteiger partial charge >= 0.3 is 6.09 Å². The second-order valence-corrected chi connectivity index (χ2v) is 28.5. The van der Waals surface area contributed by atoms with Crippen molar-refractivity contribution in [1.29, 1.82) is 0 Å². The Kier molecular flexibility index (Phi) is 21.8. The number of fused-ring (bicyclic) bond motifs is 9. The molecule has 0 aliphatic heterocycles. The molecule has 14 atom stereocenters. The largest absolute Gasteiger partial charge is 0.508 e. The van der Waals surface area contributed by atoms with Crippen LogP contribution in [0.1, 0.15) is 69.3 Å². The number of ketones is 6. The van der Waals surface area contributed by atoms with Crippen molar-refractivity contribution < 1.29 is 119 Å². The number of alkyl carbamates (subject to hydrolysis) is 1. The van der Waals surface area contributed by atoms with Gasteiger partial charge in [-0.05, 0) is 139 Å². The predicted octanol–water partition coefficient (Wildman–Crippen LogP) is -1.16. The number of phenolic OH excluding ortho intramolecular Hbond substituents is 3. The Bertz CT molecular complexity index is 4560. The number of aliphatic hydroxyl groups is 10. The minimum Gasteiger partial charge on any atom is -0.508 e. The molecule has 24 N–H and O–H groups in total. The number of hydrogen-bond donors (Lipinski definition) is 19. The zero-order chi connectivity index (χ0) is 79.0. The zero-order valence-corrected chi connectivity index (χ0v) is 58.9. The summed E-state index contributed by atoms with van der Waals surface area (Å²) in [6.45, 7) is -0.0485. The fraction of sp³-hybridized carbons (Fsp3) is 0.405. The number of ether oxygens (including phenoxy) is 1. The molecule has 0 saturated heterocycles. The summed E-state index contributed by atoms with van der Waals surface area (Å²) >= 11 is 0. The summed E-state index contributed by atoms with van der Waals surface area (Å²) in [6, 6.07) is 17.3. The van der Waals surface area contributed by atoms with E-state index in [0.29, 0.717) is 34.2 Å². The molecule has 0 bridgehead atoms. The number of hydrogen-bond acceptors (Lipinski definition) is 29. The molecule has 0 aromatic heterocycles. The van der Waals surface area contributed by atoms with E-state index in [9.17, 15) is 109 Å². The predicted molar refractivity (Wildman–Crippen MR) is 375 cm³/mol. The number of primary amides is 3. The zero-order valence-electron chi connectivity index (χ0n) is 58.9. The smallest absolute Gasteiger partial charge is 0.409 e. The van der Waals surface area contributed by atoms with Gasteiger partial charge in [0.15, 0.2) is 34.2 Å². The van der Waals surface area contributed by atoms with E-state index in [4.69, 9.17) is 38.5 Å². The lowest BCUT2D eigenvalue weighted by Crippen LogP contribution is -2.73. The number of likely N-dealkylation sites (N-methyl/N-ethyl adjacent to an activating group) is 3. The molecular formula is C74H85N9O24. The molecule has 9 unspecified atom stereocenters. The lowest BCUT2D eigenvalue weighted by molar-refractivity contribution is -0.184. The van der Waals surface area contributed by atoms with E-state index in [1.54, 1.807) is 77.5 Å². The van der Waals surface area contributed by atoms with E-state index in [0.717, 1.165) is 5.56 Å². The van der Waals surface area contributed by atoms with Gasteiger partial charge in [-0.15, -0.1) is 0 Å². The summed E-state index contributed by atoms with van der Waals surface area (Å²) in [5.41, 5.74) is 21.2. The van der Waals surface area contributed by atoms with Gasteiger partial charge in [-0.3, -0.25) is 58.3 Å². The average Bonchev–Trinajstić information content (AvgIpc) is 0.712. The Morgan fingerprint density at radius 1 is 0.533 bits per heavy atom. The summed E-state index contributed by atoms with van der Waals surface area (Å²) in [5, 5.41) is 141. The first-order chi connectivity index (χ1) is 50.3. The van der Waals surface area contributed by atoms with Crippen molar-refractivity contribution in [2.75, 3.05) is 49.0 Å². The SMILES string of the molecule is CN(C)C1C(O)C(C(N)=O)C(=O)[C@@]2(O)C(=O)C3=C(O)c4c(O)cccc4CC3CC12.CN(C)[C@@H]1C(=O)C(C(N)=O)=C(O)[C@@]2(O)C(=O)C3=C(O)c4c(O)ccc(CN)c4CC3CC12.CN(C)[C@@H]1C(=O)C(C(N)=O)=C(O)[C@@]2(O)C(=O)C3=C(O)c4c(ccc(CN)c4O)CC3CC12.O=C(NCO)OCc1ccccc1. The Labute approximate surface area is 610 Å². The van der Waals surface area contributed by atoms with Crippen molar-refractivity contribution >= 4 is 75.8 Å². The van der Waals surface area contributed by atoms with Crippen LogP contribution < -0.4 is 34.0 Å². The summed E-state index contributed by atoms with van der Waals surface area (Å²) in [5.74, 6) is -20.6. The van der Waals surface area contributed by atoms with Crippen LogP contribution in [0.5, 0.6) is 17.2 Å². The van der Waals surface area contributed by atoms with E-state index in [2.05, 4.69) is 5.32 Å². The molecule has 570 valence electrons. The maximum Gasteiger partial charge on any atom is 0.409 e. The molecule has 9 aliphatic carbocycles.